The topological polar surface area (TPSA) is 34.9 Å². The highest BCUT2D eigenvalue weighted by atomic mass is 79.9. The molecule has 1 aromatic heterocycles. The van der Waals surface area contributed by atoms with Crippen molar-refractivity contribution in [3.05, 3.63) is 51.2 Å². The van der Waals surface area contributed by atoms with Gasteiger partial charge in [0.15, 0.2) is 5.78 Å². The van der Waals surface area contributed by atoms with Crippen molar-refractivity contribution >= 4 is 33.3 Å². The van der Waals surface area contributed by atoms with Crippen LogP contribution >= 0.6 is 27.5 Å². The van der Waals surface area contributed by atoms with E-state index in [1.807, 2.05) is 24.3 Å². The lowest BCUT2D eigenvalue weighted by molar-refractivity contribution is 0.0984. The highest BCUT2D eigenvalue weighted by molar-refractivity contribution is 9.10. The summed E-state index contributed by atoms with van der Waals surface area (Å²) in [5, 5.41) is 4.35. The molecule has 0 N–H and O–H groups in total. The maximum absolute atomic E-state index is 12.1. The number of carbonyl (C=O) groups excluding carboxylic acids is 1. The Labute approximate surface area is 113 Å². The van der Waals surface area contributed by atoms with Crippen LogP contribution in [0.4, 0.5) is 0 Å². The minimum Gasteiger partial charge on any atom is -0.292 e. The first-order valence-electron chi connectivity index (χ1n) is 5.03. The van der Waals surface area contributed by atoms with E-state index in [9.17, 15) is 4.79 Å². The molecular formula is C12H10BrClN2O. The smallest absolute Gasteiger partial charge is 0.186 e. The number of Topliss-reactive ketones (excluding diaryl/α,β-unsaturated/α-hetero) is 1. The molecule has 0 fully saturated rings. The van der Waals surface area contributed by atoms with E-state index in [0.29, 0.717) is 17.1 Å². The van der Waals surface area contributed by atoms with E-state index >= 15 is 0 Å². The van der Waals surface area contributed by atoms with Crippen molar-refractivity contribution in [3.8, 4) is 0 Å². The number of aryl methyl sites for hydroxylation is 1. The second-order valence-electron chi connectivity index (χ2n) is 3.66. The number of nitrogens with zero attached hydrogens (tertiary/aromatic N) is 2. The second kappa shape index (κ2) is 5.02. The minimum atomic E-state index is -0.0399. The third kappa shape index (κ3) is 2.58. The Morgan fingerprint density at radius 3 is 2.76 bits per heavy atom. The van der Waals surface area contributed by atoms with Crippen molar-refractivity contribution < 1.29 is 4.79 Å². The van der Waals surface area contributed by atoms with Gasteiger partial charge < -0.3 is 0 Å². The standard InChI is InChI=1S/C12H10BrClN2O/c1-16-12(10(14)7-15-16)11(17)6-8-4-2-3-5-9(8)13/h2-5,7H,6H2,1H3. The third-order valence-corrected chi connectivity index (χ3v) is 3.52. The number of benzene rings is 1. The molecule has 0 aliphatic carbocycles. The summed E-state index contributed by atoms with van der Waals surface area (Å²) in [7, 11) is 1.71. The lowest BCUT2D eigenvalue weighted by Gasteiger charge is -2.04. The van der Waals surface area contributed by atoms with E-state index in [2.05, 4.69) is 21.0 Å². The van der Waals surface area contributed by atoms with E-state index < -0.39 is 0 Å². The molecule has 88 valence electrons. The Kier molecular flexibility index (Phi) is 3.64. The van der Waals surface area contributed by atoms with Crippen LogP contribution in [0.25, 0.3) is 0 Å². The number of rotatable bonds is 3. The number of ketones is 1. The van der Waals surface area contributed by atoms with Crippen LogP contribution < -0.4 is 0 Å². The molecule has 0 amide bonds. The van der Waals surface area contributed by atoms with Gasteiger partial charge in [0, 0.05) is 17.9 Å². The Balaban J connectivity index is 2.27. The van der Waals surface area contributed by atoms with Crippen molar-refractivity contribution in [3.63, 3.8) is 0 Å². The molecule has 0 atom stereocenters. The van der Waals surface area contributed by atoms with E-state index in [0.717, 1.165) is 10.0 Å². The monoisotopic (exact) mass is 312 g/mol. The molecular weight excluding hydrogens is 304 g/mol. The van der Waals surface area contributed by atoms with Crippen LogP contribution in [0.3, 0.4) is 0 Å². The van der Waals surface area contributed by atoms with Crippen molar-refractivity contribution in [1.29, 1.82) is 0 Å². The number of halogens is 2. The summed E-state index contributed by atoms with van der Waals surface area (Å²) in [5.74, 6) is -0.0399. The highest BCUT2D eigenvalue weighted by Gasteiger charge is 2.16. The molecule has 1 heterocycles. The Morgan fingerprint density at radius 1 is 1.47 bits per heavy atom. The maximum Gasteiger partial charge on any atom is 0.186 e. The lowest BCUT2D eigenvalue weighted by Crippen LogP contribution is -2.10. The summed E-state index contributed by atoms with van der Waals surface area (Å²) in [4.78, 5) is 12.1. The van der Waals surface area contributed by atoms with Gasteiger partial charge in [0.2, 0.25) is 0 Å². The molecule has 0 bridgehead atoms. The number of hydrogen-bond acceptors (Lipinski definition) is 2. The van der Waals surface area contributed by atoms with Crippen molar-refractivity contribution in [1.82, 2.24) is 9.78 Å². The second-order valence-corrected chi connectivity index (χ2v) is 4.92. The fraction of sp³-hybridized carbons (Fsp3) is 0.167. The van der Waals surface area contributed by atoms with E-state index in [1.165, 1.54) is 10.9 Å². The molecule has 3 nitrogen and oxygen atoms in total. The van der Waals surface area contributed by atoms with E-state index in [-0.39, 0.29) is 5.78 Å². The largest absolute Gasteiger partial charge is 0.292 e. The molecule has 2 aromatic rings. The van der Waals surface area contributed by atoms with Crippen molar-refractivity contribution in [2.45, 2.75) is 6.42 Å². The molecule has 2 rings (SSSR count). The average molecular weight is 314 g/mol. The van der Waals surface area contributed by atoms with Crippen LogP contribution in [0, 0.1) is 0 Å². The third-order valence-electron chi connectivity index (χ3n) is 2.47. The predicted molar refractivity (Wildman–Crippen MR) is 70.4 cm³/mol. The Morgan fingerprint density at radius 2 is 2.18 bits per heavy atom. The molecule has 5 heteroatoms. The molecule has 0 unspecified atom stereocenters. The van der Waals surface area contributed by atoms with Crippen molar-refractivity contribution in [2.24, 2.45) is 7.05 Å². The van der Waals surface area contributed by atoms with Crippen LogP contribution in [0.2, 0.25) is 5.02 Å². The molecule has 0 saturated heterocycles. The molecule has 0 aliphatic rings. The van der Waals surface area contributed by atoms with Gasteiger partial charge in [0.05, 0.1) is 11.2 Å². The summed E-state index contributed by atoms with van der Waals surface area (Å²) in [6, 6.07) is 7.63. The van der Waals surface area contributed by atoms with Gasteiger partial charge in [-0.3, -0.25) is 9.48 Å². The normalized spacial score (nSPS) is 10.5. The average Bonchev–Trinajstić information content (AvgIpc) is 2.62. The van der Waals surface area contributed by atoms with E-state index in [1.54, 1.807) is 7.05 Å². The summed E-state index contributed by atoms with van der Waals surface area (Å²) >= 11 is 9.35. The summed E-state index contributed by atoms with van der Waals surface area (Å²) in [5.41, 5.74) is 1.39. The predicted octanol–water partition coefficient (Wildman–Crippen LogP) is 3.26. The number of carbonyl (C=O) groups is 1. The van der Waals surface area contributed by atoms with Gasteiger partial charge in [-0.25, -0.2) is 0 Å². The molecule has 0 radical (unpaired) electrons. The fourth-order valence-electron chi connectivity index (χ4n) is 1.62. The maximum atomic E-state index is 12.1. The number of aromatic nitrogens is 2. The highest BCUT2D eigenvalue weighted by Crippen LogP contribution is 2.20. The lowest BCUT2D eigenvalue weighted by atomic mass is 10.1. The van der Waals surface area contributed by atoms with Gasteiger partial charge >= 0.3 is 0 Å². The van der Waals surface area contributed by atoms with Gasteiger partial charge in [0.25, 0.3) is 0 Å². The van der Waals surface area contributed by atoms with Crippen LogP contribution in [0.15, 0.2) is 34.9 Å². The number of hydrogen-bond donors (Lipinski definition) is 0. The zero-order valence-corrected chi connectivity index (χ0v) is 11.5. The van der Waals surface area contributed by atoms with Crippen LogP contribution in [-0.4, -0.2) is 15.6 Å². The van der Waals surface area contributed by atoms with Gasteiger partial charge in [-0.05, 0) is 11.6 Å². The van der Waals surface area contributed by atoms with Gasteiger partial charge in [-0.1, -0.05) is 45.7 Å². The molecule has 0 spiro atoms. The first-order valence-corrected chi connectivity index (χ1v) is 6.21. The first kappa shape index (κ1) is 12.3. The molecule has 0 saturated carbocycles. The fourth-order valence-corrected chi connectivity index (χ4v) is 2.32. The SMILES string of the molecule is Cn1ncc(Cl)c1C(=O)Cc1ccccc1Br. The van der Waals surface area contributed by atoms with Gasteiger partial charge in [-0.15, -0.1) is 0 Å². The molecule has 1 aromatic carbocycles. The zero-order chi connectivity index (χ0) is 12.4. The zero-order valence-electron chi connectivity index (χ0n) is 9.15. The first-order chi connectivity index (χ1) is 8.09. The van der Waals surface area contributed by atoms with Crippen LogP contribution in [0.1, 0.15) is 16.1 Å². The molecule has 17 heavy (non-hydrogen) atoms. The van der Waals surface area contributed by atoms with Crippen molar-refractivity contribution in [2.75, 3.05) is 0 Å². The Bertz CT molecular complexity index is 546. The summed E-state index contributed by atoms with van der Waals surface area (Å²) in [6.45, 7) is 0. The quantitative estimate of drug-likeness (QED) is 0.815. The van der Waals surface area contributed by atoms with E-state index in [4.69, 9.17) is 11.6 Å². The van der Waals surface area contributed by atoms with Crippen LogP contribution in [0.5, 0.6) is 0 Å². The molecule has 0 aliphatic heterocycles. The minimum absolute atomic E-state index is 0.0399. The summed E-state index contributed by atoms with van der Waals surface area (Å²) < 4.78 is 2.42. The Hall–Kier alpha value is -1.13. The van der Waals surface area contributed by atoms with Gasteiger partial charge in [-0.2, -0.15) is 5.10 Å². The van der Waals surface area contributed by atoms with Gasteiger partial charge in [0.1, 0.15) is 5.69 Å². The summed E-state index contributed by atoms with van der Waals surface area (Å²) in [6.07, 6.45) is 1.79. The van der Waals surface area contributed by atoms with Crippen LogP contribution in [-0.2, 0) is 13.5 Å².